The minimum Gasteiger partial charge on any atom is -0.456 e. The number of nitrogens with one attached hydrogen (secondary N) is 2. The topological polar surface area (TPSA) is 124 Å². The predicted octanol–water partition coefficient (Wildman–Crippen LogP) is 5.50. The maximum absolute atomic E-state index is 12.8. The number of anilines is 3. The van der Waals surface area contributed by atoms with E-state index in [0.717, 1.165) is 22.4 Å². The van der Waals surface area contributed by atoms with Crippen molar-refractivity contribution in [3.63, 3.8) is 0 Å². The van der Waals surface area contributed by atoms with Gasteiger partial charge in [0.15, 0.2) is 0 Å². The van der Waals surface area contributed by atoms with Crippen LogP contribution >= 0.6 is 0 Å². The van der Waals surface area contributed by atoms with Gasteiger partial charge in [0.05, 0.1) is 34.6 Å². The molecule has 0 heterocycles. The van der Waals surface area contributed by atoms with Crippen LogP contribution < -0.4 is 21.1 Å². The highest BCUT2D eigenvalue weighted by molar-refractivity contribution is 5.99. The molecule has 0 atom stereocenters. The first-order valence-electron chi connectivity index (χ1n) is 11.0. The molecule has 3 rings (SSSR count). The maximum atomic E-state index is 12.8. The zero-order valence-electron chi connectivity index (χ0n) is 19.5. The van der Waals surface area contributed by atoms with Gasteiger partial charge in [0.1, 0.15) is 11.5 Å². The lowest BCUT2D eigenvalue weighted by Crippen LogP contribution is -2.23. The first-order valence-corrected chi connectivity index (χ1v) is 11.0. The number of rotatable bonds is 8. The summed E-state index contributed by atoms with van der Waals surface area (Å²) in [4.78, 5) is 12.8. The van der Waals surface area contributed by atoms with E-state index in [1.807, 2.05) is 32.9 Å². The van der Waals surface area contributed by atoms with Gasteiger partial charge in [-0.1, -0.05) is 12.1 Å². The predicted molar refractivity (Wildman–Crippen MR) is 133 cm³/mol. The van der Waals surface area contributed by atoms with Gasteiger partial charge in [-0.15, -0.1) is 0 Å². The number of nitrogens with zero attached hydrogens (tertiary/aromatic N) is 2. The summed E-state index contributed by atoms with van der Waals surface area (Å²) in [6.45, 7) is 6.19. The third kappa shape index (κ3) is 5.65. The third-order valence-electron chi connectivity index (χ3n) is 5.28. The zero-order chi connectivity index (χ0) is 24.7. The Morgan fingerprint density at radius 2 is 1.74 bits per heavy atom. The molecule has 0 bridgehead atoms. The molecule has 4 N–H and O–H groups in total. The second-order valence-electron chi connectivity index (χ2n) is 7.93. The second kappa shape index (κ2) is 10.9. The van der Waals surface area contributed by atoms with Crippen LogP contribution in [0.3, 0.4) is 0 Å². The number of hydrogen-bond acceptors (Lipinski definition) is 6. The number of nitriles is 2. The molecule has 0 aliphatic heterocycles. The van der Waals surface area contributed by atoms with Crippen molar-refractivity contribution in [2.75, 3.05) is 17.6 Å². The average molecular weight is 454 g/mol. The third-order valence-corrected chi connectivity index (χ3v) is 5.28. The highest BCUT2D eigenvalue weighted by atomic mass is 16.5. The van der Waals surface area contributed by atoms with Gasteiger partial charge in [-0.3, -0.25) is 4.79 Å². The van der Waals surface area contributed by atoms with Crippen molar-refractivity contribution < 1.29 is 9.53 Å². The van der Waals surface area contributed by atoms with Crippen molar-refractivity contribution in [3.8, 4) is 23.6 Å². The van der Waals surface area contributed by atoms with E-state index in [9.17, 15) is 4.79 Å². The van der Waals surface area contributed by atoms with Crippen LogP contribution in [0.2, 0.25) is 0 Å². The fourth-order valence-electron chi connectivity index (χ4n) is 3.66. The number of aryl methyl sites for hydroxylation is 3. The normalized spacial score (nSPS) is 10.1. The first-order chi connectivity index (χ1) is 16.4. The molecule has 7 heteroatoms. The van der Waals surface area contributed by atoms with Gasteiger partial charge >= 0.3 is 0 Å². The van der Waals surface area contributed by atoms with Crippen LogP contribution in [0.25, 0.3) is 0 Å². The van der Waals surface area contributed by atoms with Crippen LogP contribution in [0.15, 0.2) is 48.5 Å². The lowest BCUT2D eigenvalue weighted by molar-refractivity contribution is 0.0953. The molecular formula is C27H27N5O2. The number of nitrogen functional groups attached to an aromatic ring is 1. The molecule has 0 saturated carbocycles. The smallest absolute Gasteiger partial charge is 0.255 e. The molecule has 3 aromatic carbocycles. The number of carbonyl (C=O) groups excluding carboxylic acids is 1. The minimum atomic E-state index is -0.282. The van der Waals surface area contributed by atoms with E-state index in [4.69, 9.17) is 21.0 Å². The van der Waals surface area contributed by atoms with Crippen LogP contribution in [0.1, 0.15) is 46.0 Å². The molecule has 7 nitrogen and oxygen atoms in total. The van der Waals surface area contributed by atoms with Gasteiger partial charge < -0.3 is 21.1 Å². The van der Waals surface area contributed by atoms with Crippen LogP contribution in [-0.2, 0) is 6.42 Å². The number of nitrogens with two attached hydrogens (primary N) is 1. The molecule has 172 valence electrons. The molecule has 0 fully saturated rings. The largest absolute Gasteiger partial charge is 0.456 e. The molecule has 0 unspecified atom stereocenters. The molecule has 0 spiro atoms. The Kier molecular flexibility index (Phi) is 7.74. The number of ether oxygens (including phenoxy) is 1. The van der Waals surface area contributed by atoms with Crippen molar-refractivity contribution in [1.29, 1.82) is 10.5 Å². The molecule has 0 saturated heterocycles. The van der Waals surface area contributed by atoms with Gasteiger partial charge in [-0.05, 0) is 74.2 Å². The van der Waals surface area contributed by atoms with Crippen molar-refractivity contribution >= 4 is 23.0 Å². The number of benzene rings is 3. The van der Waals surface area contributed by atoms with Gasteiger partial charge in [-0.2, -0.15) is 10.5 Å². The summed E-state index contributed by atoms with van der Waals surface area (Å²) in [5.74, 6) is 0.739. The summed E-state index contributed by atoms with van der Waals surface area (Å²) in [7, 11) is 0. The Bertz CT molecular complexity index is 1260. The van der Waals surface area contributed by atoms with Gasteiger partial charge in [0.25, 0.3) is 5.91 Å². The van der Waals surface area contributed by atoms with Crippen LogP contribution in [0, 0.1) is 36.5 Å². The van der Waals surface area contributed by atoms with Gasteiger partial charge in [0, 0.05) is 24.7 Å². The summed E-state index contributed by atoms with van der Waals surface area (Å²) < 4.78 is 6.30. The lowest BCUT2D eigenvalue weighted by atomic mass is 10.0. The van der Waals surface area contributed by atoms with Crippen LogP contribution in [-0.4, -0.2) is 12.5 Å². The number of hydrogen-bond donors (Lipinski definition) is 3. The SMILES string of the molecule is CCNC(=O)c1cc(N)c(Nc2ccc(C#N)cc2)cc1Oc1c(C)cc(CCC#N)cc1C. The Morgan fingerprint density at radius 1 is 1.06 bits per heavy atom. The zero-order valence-corrected chi connectivity index (χ0v) is 19.5. The Morgan fingerprint density at radius 3 is 2.32 bits per heavy atom. The highest BCUT2D eigenvalue weighted by Gasteiger charge is 2.18. The van der Waals surface area contributed by atoms with Crippen molar-refractivity contribution in [1.82, 2.24) is 5.32 Å². The highest BCUT2D eigenvalue weighted by Crippen LogP contribution is 2.37. The average Bonchev–Trinajstić information content (AvgIpc) is 2.82. The summed E-state index contributed by atoms with van der Waals surface area (Å²) in [5.41, 5.74) is 11.8. The van der Waals surface area contributed by atoms with E-state index in [1.165, 1.54) is 0 Å². The van der Waals surface area contributed by atoms with E-state index >= 15 is 0 Å². The molecule has 0 aliphatic carbocycles. The molecule has 0 aromatic heterocycles. The fraction of sp³-hybridized carbons (Fsp3) is 0.222. The van der Waals surface area contributed by atoms with Crippen molar-refractivity contribution in [2.24, 2.45) is 0 Å². The summed E-state index contributed by atoms with van der Waals surface area (Å²) in [6, 6.07) is 18.5. The Hall–Kier alpha value is -4.49. The van der Waals surface area contributed by atoms with E-state index < -0.39 is 0 Å². The molecule has 3 aromatic rings. The van der Waals surface area contributed by atoms with E-state index in [1.54, 1.807) is 36.4 Å². The molecule has 0 aliphatic rings. The fourth-order valence-corrected chi connectivity index (χ4v) is 3.66. The lowest BCUT2D eigenvalue weighted by Gasteiger charge is -2.19. The van der Waals surface area contributed by atoms with Gasteiger partial charge in [0.2, 0.25) is 0 Å². The second-order valence-corrected chi connectivity index (χ2v) is 7.93. The van der Waals surface area contributed by atoms with Crippen LogP contribution in [0.4, 0.5) is 17.1 Å². The molecule has 34 heavy (non-hydrogen) atoms. The Balaban J connectivity index is 2.01. The van der Waals surface area contributed by atoms with Crippen molar-refractivity contribution in [3.05, 3.63) is 76.3 Å². The minimum absolute atomic E-state index is 0.282. The standard InChI is InChI=1S/C27H27N5O2/c1-4-31-27(33)22-14-23(30)24(32-21-9-7-19(16-29)8-10-21)15-25(22)34-26-17(2)12-20(6-5-11-28)13-18(26)3/h7-10,12-15,32H,4-6,30H2,1-3H3,(H,31,33). The Labute approximate surface area is 199 Å². The number of amides is 1. The molecule has 0 radical (unpaired) electrons. The molecular weight excluding hydrogens is 426 g/mol. The quantitative estimate of drug-likeness (QED) is 0.387. The van der Waals surface area contributed by atoms with E-state index in [0.29, 0.717) is 53.4 Å². The summed E-state index contributed by atoms with van der Waals surface area (Å²) in [6.07, 6.45) is 1.12. The van der Waals surface area contributed by atoms with Crippen LogP contribution in [0.5, 0.6) is 11.5 Å². The summed E-state index contributed by atoms with van der Waals surface area (Å²) in [5, 5.41) is 23.9. The maximum Gasteiger partial charge on any atom is 0.255 e. The molecule has 1 amide bonds. The first kappa shape index (κ1) is 24.2. The van der Waals surface area contributed by atoms with Crippen molar-refractivity contribution in [2.45, 2.75) is 33.6 Å². The van der Waals surface area contributed by atoms with E-state index in [2.05, 4.69) is 22.8 Å². The van der Waals surface area contributed by atoms with Gasteiger partial charge in [-0.25, -0.2) is 0 Å². The monoisotopic (exact) mass is 453 g/mol. The van der Waals surface area contributed by atoms with E-state index in [-0.39, 0.29) is 5.91 Å². The summed E-state index contributed by atoms with van der Waals surface area (Å²) >= 11 is 0. The number of carbonyl (C=O) groups is 1.